The molecule has 5 heteroatoms. The number of nitrogens with one attached hydrogen (secondary N) is 1. The van der Waals surface area contributed by atoms with Gasteiger partial charge in [0.05, 0.1) is 33.6 Å². The van der Waals surface area contributed by atoms with Crippen molar-refractivity contribution in [3.63, 3.8) is 0 Å². The van der Waals surface area contributed by atoms with Gasteiger partial charge in [-0.1, -0.05) is 27.5 Å². The summed E-state index contributed by atoms with van der Waals surface area (Å²) in [5, 5.41) is 21.4. The number of nitrogens with zero attached hydrogens (tertiary/aromatic N) is 2. The molecule has 0 fully saturated rings. The van der Waals surface area contributed by atoms with Gasteiger partial charge in [-0.3, -0.25) is 0 Å². The average molecular weight is 333 g/mol. The highest BCUT2D eigenvalue weighted by Gasteiger charge is 2.06. The Morgan fingerprint density at radius 1 is 1.00 bits per heavy atom. The van der Waals surface area contributed by atoms with Crippen molar-refractivity contribution in [2.24, 2.45) is 0 Å². The smallest absolute Gasteiger partial charge is 0.101 e. The standard InChI is InChI=1S/C14H7BrClN3/c15-11-2-4-13(10(6-11)8-18)19-14-3-1-9(7-17)5-12(14)16/h1-6,19H. The summed E-state index contributed by atoms with van der Waals surface area (Å²) in [4.78, 5) is 0. The monoisotopic (exact) mass is 331 g/mol. The Hall–Kier alpha value is -2.01. The fraction of sp³-hybridized carbons (Fsp3) is 0. The summed E-state index contributed by atoms with van der Waals surface area (Å²) >= 11 is 9.39. The van der Waals surface area contributed by atoms with Crippen LogP contribution >= 0.6 is 27.5 Å². The molecule has 0 aliphatic rings. The van der Waals surface area contributed by atoms with Crippen LogP contribution in [0.1, 0.15) is 11.1 Å². The Bertz CT molecular complexity index is 714. The van der Waals surface area contributed by atoms with Crippen LogP contribution in [-0.2, 0) is 0 Å². The predicted molar refractivity (Wildman–Crippen MR) is 78.3 cm³/mol. The summed E-state index contributed by atoms with van der Waals surface area (Å²) in [7, 11) is 0. The lowest BCUT2D eigenvalue weighted by Crippen LogP contribution is -1.94. The van der Waals surface area contributed by atoms with E-state index >= 15 is 0 Å². The van der Waals surface area contributed by atoms with Gasteiger partial charge in [0.25, 0.3) is 0 Å². The molecule has 3 nitrogen and oxygen atoms in total. The molecule has 92 valence electrons. The zero-order chi connectivity index (χ0) is 13.8. The Morgan fingerprint density at radius 3 is 2.37 bits per heavy atom. The molecule has 2 aromatic carbocycles. The Balaban J connectivity index is 2.37. The van der Waals surface area contributed by atoms with Crippen LogP contribution in [0.15, 0.2) is 40.9 Å². The molecule has 0 bridgehead atoms. The largest absolute Gasteiger partial charge is 0.353 e. The Kier molecular flexibility index (Phi) is 4.06. The zero-order valence-corrected chi connectivity index (χ0v) is 12.0. The second-order valence-electron chi connectivity index (χ2n) is 3.73. The molecule has 0 saturated heterocycles. The highest BCUT2D eigenvalue weighted by atomic mass is 79.9. The Labute approximate surface area is 124 Å². The van der Waals surface area contributed by atoms with Crippen molar-refractivity contribution >= 4 is 38.9 Å². The minimum atomic E-state index is 0.436. The van der Waals surface area contributed by atoms with E-state index in [1.807, 2.05) is 12.1 Å². The lowest BCUT2D eigenvalue weighted by Gasteiger charge is -2.10. The molecule has 0 heterocycles. The molecule has 1 N–H and O–H groups in total. The summed E-state index contributed by atoms with van der Waals surface area (Å²) < 4.78 is 0.834. The van der Waals surface area contributed by atoms with Gasteiger partial charge >= 0.3 is 0 Å². The van der Waals surface area contributed by atoms with Crippen molar-refractivity contribution in [3.8, 4) is 12.1 Å². The van der Waals surface area contributed by atoms with E-state index in [-0.39, 0.29) is 0 Å². The third-order valence-electron chi connectivity index (χ3n) is 2.47. The number of benzene rings is 2. The van der Waals surface area contributed by atoms with Crippen LogP contribution in [0.3, 0.4) is 0 Å². The molecule has 0 saturated carbocycles. The fourth-order valence-corrected chi connectivity index (χ4v) is 2.14. The number of hydrogen-bond donors (Lipinski definition) is 1. The van der Waals surface area contributed by atoms with Gasteiger partial charge in [-0.15, -0.1) is 0 Å². The van der Waals surface area contributed by atoms with Crippen LogP contribution in [0.4, 0.5) is 11.4 Å². The zero-order valence-electron chi connectivity index (χ0n) is 9.61. The maximum Gasteiger partial charge on any atom is 0.101 e. The van der Waals surface area contributed by atoms with Gasteiger partial charge in [0.15, 0.2) is 0 Å². The Morgan fingerprint density at radius 2 is 1.74 bits per heavy atom. The molecule has 0 unspecified atom stereocenters. The number of rotatable bonds is 2. The van der Waals surface area contributed by atoms with Crippen molar-refractivity contribution in [3.05, 3.63) is 57.0 Å². The molecule has 2 aromatic rings. The molecule has 0 aliphatic carbocycles. The van der Waals surface area contributed by atoms with Crippen LogP contribution < -0.4 is 5.32 Å². The van der Waals surface area contributed by atoms with Crippen LogP contribution in [0.2, 0.25) is 5.02 Å². The van der Waals surface area contributed by atoms with E-state index in [0.717, 1.165) is 4.47 Å². The first-order valence-corrected chi connectivity index (χ1v) is 6.47. The minimum absolute atomic E-state index is 0.436. The van der Waals surface area contributed by atoms with E-state index in [1.54, 1.807) is 30.3 Å². The van der Waals surface area contributed by atoms with Crippen molar-refractivity contribution in [1.29, 1.82) is 10.5 Å². The van der Waals surface area contributed by atoms with Crippen molar-refractivity contribution < 1.29 is 0 Å². The van der Waals surface area contributed by atoms with E-state index in [0.29, 0.717) is 27.5 Å². The quantitative estimate of drug-likeness (QED) is 0.875. The molecule has 2 rings (SSSR count). The molecular weight excluding hydrogens is 326 g/mol. The summed E-state index contributed by atoms with van der Waals surface area (Å²) in [6.07, 6.45) is 0. The third-order valence-corrected chi connectivity index (χ3v) is 3.28. The predicted octanol–water partition coefficient (Wildman–Crippen LogP) is 4.59. The fourth-order valence-electron chi connectivity index (χ4n) is 1.55. The normalized spacial score (nSPS) is 9.47. The van der Waals surface area contributed by atoms with Gasteiger partial charge in [-0.05, 0) is 36.4 Å². The molecule has 0 radical (unpaired) electrons. The molecule has 0 spiro atoms. The molecule has 19 heavy (non-hydrogen) atoms. The minimum Gasteiger partial charge on any atom is -0.353 e. The number of anilines is 2. The van der Waals surface area contributed by atoms with Gasteiger partial charge in [0, 0.05) is 4.47 Å². The maximum atomic E-state index is 9.09. The summed E-state index contributed by atoms with van der Waals surface area (Å²) in [5.41, 5.74) is 2.32. The molecule has 0 atom stereocenters. The van der Waals surface area contributed by atoms with Gasteiger partial charge in [0.2, 0.25) is 0 Å². The maximum absolute atomic E-state index is 9.09. The van der Waals surface area contributed by atoms with Crippen LogP contribution in [-0.4, -0.2) is 0 Å². The van der Waals surface area contributed by atoms with Crippen molar-refractivity contribution in [2.75, 3.05) is 5.32 Å². The van der Waals surface area contributed by atoms with E-state index < -0.39 is 0 Å². The number of halogens is 2. The van der Waals surface area contributed by atoms with E-state index in [9.17, 15) is 0 Å². The van der Waals surface area contributed by atoms with Gasteiger partial charge in [-0.25, -0.2) is 0 Å². The van der Waals surface area contributed by atoms with Crippen molar-refractivity contribution in [1.82, 2.24) is 0 Å². The summed E-state index contributed by atoms with van der Waals surface area (Å²) in [6, 6.07) is 14.4. The van der Waals surface area contributed by atoms with E-state index in [4.69, 9.17) is 22.1 Å². The second kappa shape index (κ2) is 5.75. The molecule has 0 aliphatic heterocycles. The van der Waals surface area contributed by atoms with Gasteiger partial charge < -0.3 is 5.32 Å². The van der Waals surface area contributed by atoms with Gasteiger partial charge in [-0.2, -0.15) is 10.5 Å². The van der Waals surface area contributed by atoms with Gasteiger partial charge in [0.1, 0.15) is 6.07 Å². The lowest BCUT2D eigenvalue weighted by atomic mass is 10.1. The molecular formula is C14H7BrClN3. The average Bonchev–Trinajstić information content (AvgIpc) is 2.42. The molecule has 0 aromatic heterocycles. The highest BCUT2D eigenvalue weighted by Crippen LogP contribution is 2.29. The second-order valence-corrected chi connectivity index (χ2v) is 5.06. The summed E-state index contributed by atoms with van der Waals surface area (Å²) in [6.45, 7) is 0. The van der Waals surface area contributed by atoms with Crippen LogP contribution in [0.25, 0.3) is 0 Å². The first-order valence-electron chi connectivity index (χ1n) is 5.30. The van der Waals surface area contributed by atoms with Crippen LogP contribution in [0.5, 0.6) is 0 Å². The molecule has 0 amide bonds. The van der Waals surface area contributed by atoms with Crippen molar-refractivity contribution in [2.45, 2.75) is 0 Å². The first kappa shape index (κ1) is 13.4. The van der Waals surface area contributed by atoms with E-state index in [2.05, 4.69) is 27.3 Å². The van der Waals surface area contributed by atoms with Crippen LogP contribution in [0, 0.1) is 22.7 Å². The topological polar surface area (TPSA) is 59.6 Å². The van der Waals surface area contributed by atoms with E-state index in [1.165, 1.54) is 0 Å². The number of nitriles is 2. The summed E-state index contributed by atoms with van der Waals surface area (Å²) in [5.74, 6) is 0. The highest BCUT2D eigenvalue weighted by molar-refractivity contribution is 9.10. The third kappa shape index (κ3) is 3.06. The first-order chi connectivity index (χ1) is 9.13. The lowest BCUT2D eigenvalue weighted by molar-refractivity contribution is 1.44. The number of hydrogen-bond acceptors (Lipinski definition) is 3. The SMILES string of the molecule is N#Cc1ccc(Nc2ccc(Br)cc2C#N)c(Cl)c1.